The summed E-state index contributed by atoms with van der Waals surface area (Å²) in [5, 5.41) is 8.82. The van der Waals surface area contributed by atoms with Crippen LogP contribution in [-0.4, -0.2) is 55.0 Å². The normalized spacial score (nSPS) is 18.2. The maximum atomic E-state index is 11.5. The molecule has 0 aliphatic carbocycles. The number of aliphatic hydroxyl groups is 1. The van der Waals surface area contributed by atoms with Crippen molar-refractivity contribution in [3.05, 3.63) is 0 Å². The number of aliphatic hydroxyl groups excluding tert-OH is 1. The summed E-state index contributed by atoms with van der Waals surface area (Å²) in [7, 11) is 1.40. The van der Waals surface area contributed by atoms with Gasteiger partial charge < -0.3 is 19.5 Å². The largest absolute Gasteiger partial charge is 0.469 e. The second kappa shape index (κ2) is 9.58. The molecule has 1 aliphatic rings. The minimum atomic E-state index is -0.269. The van der Waals surface area contributed by atoms with Crippen LogP contribution in [-0.2, 0) is 14.3 Å². The molecule has 1 atom stereocenters. The lowest BCUT2D eigenvalue weighted by molar-refractivity contribution is -0.140. The first-order chi connectivity index (χ1) is 9.69. The standard InChI is InChI=1S/C14H25NO5/c1-19-13(17)8-5-3-2-4-7-12-11-20-14(18)15(12)9-6-10-16/h12,16H,2-11H2,1H3. The highest BCUT2D eigenvalue weighted by Gasteiger charge is 2.31. The Morgan fingerprint density at radius 2 is 2.10 bits per heavy atom. The van der Waals surface area contributed by atoms with Crippen molar-refractivity contribution in [1.29, 1.82) is 0 Å². The predicted octanol–water partition coefficient (Wildman–Crippen LogP) is 1.70. The van der Waals surface area contributed by atoms with E-state index < -0.39 is 0 Å². The lowest BCUT2D eigenvalue weighted by Gasteiger charge is -2.20. The molecule has 0 saturated carbocycles. The molecule has 1 saturated heterocycles. The van der Waals surface area contributed by atoms with Gasteiger partial charge in [0.05, 0.1) is 13.2 Å². The van der Waals surface area contributed by atoms with Gasteiger partial charge in [0, 0.05) is 19.6 Å². The van der Waals surface area contributed by atoms with E-state index >= 15 is 0 Å². The molecular weight excluding hydrogens is 262 g/mol. The maximum absolute atomic E-state index is 11.5. The summed E-state index contributed by atoms with van der Waals surface area (Å²) in [5.41, 5.74) is 0. The fourth-order valence-corrected chi connectivity index (χ4v) is 2.35. The van der Waals surface area contributed by atoms with E-state index in [1.807, 2.05) is 0 Å². The van der Waals surface area contributed by atoms with Crippen molar-refractivity contribution in [3.8, 4) is 0 Å². The van der Waals surface area contributed by atoms with Crippen LogP contribution in [0.15, 0.2) is 0 Å². The highest BCUT2D eigenvalue weighted by atomic mass is 16.6. The zero-order valence-corrected chi connectivity index (χ0v) is 12.2. The summed E-state index contributed by atoms with van der Waals surface area (Å²) in [6.07, 6.45) is 5.60. The summed E-state index contributed by atoms with van der Waals surface area (Å²) < 4.78 is 9.62. The first-order valence-corrected chi connectivity index (χ1v) is 7.30. The lowest BCUT2D eigenvalue weighted by atomic mass is 10.1. The van der Waals surface area contributed by atoms with Gasteiger partial charge in [0.1, 0.15) is 6.61 Å². The second-order valence-electron chi connectivity index (χ2n) is 5.03. The van der Waals surface area contributed by atoms with E-state index in [1.54, 1.807) is 4.90 Å². The van der Waals surface area contributed by atoms with Crippen LogP contribution in [0.25, 0.3) is 0 Å². The molecule has 0 spiro atoms. The Kier molecular flexibility index (Phi) is 8.02. The van der Waals surface area contributed by atoms with Crippen LogP contribution in [0.3, 0.4) is 0 Å². The Balaban J connectivity index is 2.11. The van der Waals surface area contributed by atoms with Crippen molar-refractivity contribution >= 4 is 12.1 Å². The van der Waals surface area contributed by atoms with Gasteiger partial charge in [0.2, 0.25) is 0 Å². The van der Waals surface area contributed by atoms with Crippen molar-refractivity contribution in [1.82, 2.24) is 4.90 Å². The average molecular weight is 287 g/mol. The van der Waals surface area contributed by atoms with Gasteiger partial charge in [-0.1, -0.05) is 19.3 Å². The number of hydrogen-bond donors (Lipinski definition) is 1. The van der Waals surface area contributed by atoms with Crippen molar-refractivity contribution in [2.75, 3.05) is 26.9 Å². The van der Waals surface area contributed by atoms with Crippen LogP contribution in [0, 0.1) is 0 Å². The zero-order valence-electron chi connectivity index (χ0n) is 12.2. The molecule has 0 radical (unpaired) electrons. The van der Waals surface area contributed by atoms with E-state index in [0.29, 0.717) is 26.0 Å². The van der Waals surface area contributed by atoms with Crippen LogP contribution in [0.1, 0.15) is 44.9 Å². The number of methoxy groups -OCH3 is 1. The van der Waals surface area contributed by atoms with Crippen LogP contribution in [0.5, 0.6) is 0 Å². The van der Waals surface area contributed by atoms with Gasteiger partial charge in [0.25, 0.3) is 0 Å². The topological polar surface area (TPSA) is 76.1 Å². The van der Waals surface area contributed by atoms with Gasteiger partial charge in [-0.3, -0.25) is 4.79 Å². The van der Waals surface area contributed by atoms with Gasteiger partial charge >= 0.3 is 12.1 Å². The lowest BCUT2D eigenvalue weighted by Crippen LogP contribution is -2.34. The summed E-state index contributed by atoms with van der Waals surface area (Å²) >= 11 is 0. The molecule has 1 unspecified atom stereocenters. The number of unbranched alkanes of at least 4 members (excludes halogenated alkanes) is 3. The van der Waals surface area contributed by atoms with Crippen LogP contribution >= 0.6 is 0 Å². The van der Waals surface area contributed by atoms with E-state index in [2.05, 4.69) is 4.74 Å². The van der Waals surface area contributed by atoms with Crippen molar-refractivity contribution in [2.24, 2.45) is 0 Å². The van der Waals surface area contributed by atoms with Gasteiger partial charge in [-0.05, 0) is 19.3 Å². The molecule has 1 heterocycles. The molecule has 0 aromatic heterocycles. The Morgan fingerprint density at radius 3 is 2.80 bits per heavy atom. The van der Waals surface area contributed by atoms with Crippen LogP contribution in [0.2, 0.25) is 0 Å². The third-order valence-corrected chi connectivity index (χ3v) is 3.53. The number of ether oxygens (including phenoxy) is 2. The first kappa shape index (κ1) is 16.8. The molecule has 1 rings (SSSR count). The third kappa shape index (κ3) is 5.77. The number of rotatable bonds is 10. The Bertz CT molecular complexity index is 308. The molecule has 0 bridgehead atoms. The highest BCUT2D eigenvalue weighted by Crippen LogP contribution is 2.19. The molecule has 0 aromatic rings. The molecule has 0 aromatic carbocycles. The molecule has 1 aliphatic heterocycles. The predicted molar refractivity (Wildman–Crippen MR) is 73.3 cm³/mol. The highest BCUT2D eigenvalue weighted by molar-refractivity contribution is 5.70. The Hall–Kier alpha value is -1.30. The minimum Gasteiger partial charge on any atom is -0.469 e. The van der Waals surface area contributed by atoms with Gasteiger partial charge in [0.15, 0.2) is 0 Å². The molecule has 6 nitrogen and oxygen atoms in total. The quantitative estimate of drug-likeness (QED) is 0.489. The molecule has 20 heavy (non-hydrogen) atoms. The zero-order chi connectivity index (χ0) is 14.8. The van der Waals surface area contributed by atoms with Gasteiger partial charge in [-0.25, -0.2) is 4.79 Å². The van der Waals surface area contributed by atoms with E-state index in [0.717, 1.165) is 32.1 Å². The third-order valence-electron chi connectivity index (χ3n) is 3.53. The van der Waals surface area contributed by atoms with Gasteiger partial charge in [-0.2, -0.15) is 0 Å². The van der Waals surface area contributed by atoms with Crippen LogP contribution < -0.4 is 0 Å². The van der Waals surface area contributed by atoms with E-state index in [4.69, 9.17) is 9.84 Å². The summed E-state index contributed by atoms with van der Waals surface area (Å²) in [4.78, 5) is 24.1. The Labute approximate surface area is 120 Å². The molecule has 6 heteroatoms. The number of amides is 1. The minimum absolute atomic E-state index is 0.0873. The first-order valence-electron chi connectivity index (χ1n) is 7.30. The number of carbonyl (C=O) groups is 2. The maximum Gasteiger partial charge on any atom is 0.410 e. The number of esters is 1. The number of cyclic esters (lactones) is 1. The molecule has 116 valence electrons. The van der Waals surface area contributed by atoms with Crippen molar-refractivity contribution in [3.63, 3.8) is 0 Å². The summed E-state index contributed by atoms with van der Waals surface area (Å²) in [5.74, 6) is -0.157. The molecule has 1 amide bonds. The smallest absolute Gasteiger partial charge is 0.410 e. The van der Waals surface area contributed by atoms with Crippen molar-refractivity contribution in [2.45, 2.75) is 51.0 Å². The average Bonchev–Trinajstić information content (AvgIpc) is 2.80. The van der Waals surface area contributed by atoms with Crippen molar-refractivity contribution < 1.29 is 24.2 Å². The van der Waals surface area contributed by atoms with E-state index in [9.17, 15) is 9.59 Å². The molecular formula is C14H25NO5. The monoisotopic (exact) mass is 287 g/mol. The Morgan fingerprint density at radius 1 is 1.35 bits per heavy atom. The number of carbonyl (C=O) groups excluding carboxylic acids is 2. The summed E-state index contributed by atoms with van der Waals surface area (Å²) in [6, 6.07) is 0.134. The number of hydrogen-bond acceptors (Lipinski definition) is 5. The molecule has 1 fully saturated rings. The fraction of sp³-hybridized carbons (Fsp3) is 0.857. The fourth-order valence-electron chi connectivity index (χ4n) is 2.35. The van der Waals surface area contributed by atoms with Crippen LogP contribution in [0.4, 0.5) is 4.79 Å². The SMILES string of the molecule is COC(=O)CCCCCCC1COC(=O)N1CCCO. The summed E-state index contributed by atoms with van der Waals surface area (Å²) in [6.45, 7) is 1.10. The number of nitrogens with zero attached hydrogens (tertiary/aromatic N) is 1. The second-order valence-corrected chi connectivity index (χ2v) is 5.03. The van der Waals surface area contributed by atoms with E-state index in [-0.39, 0.29) is 24.7 Å². The van der Waals surface area contributed by atoms with E-state index in [1.165, 1.54) is 7.11 Å². The molecule has 1 N–H and O–H groups in total. The van der Waals surface area contributed by atoms with Gasteiger partial charge in [-0.15, -0.1) is 0 Å².